The van der Waals surface area contributed by atoms with E-state index in [9.17, 15) is 18.8 Å². The first-order chi connectivity index (χ1) is 18.4. The molecular weight excluding hydrogens is 485 g/mol. The minimum Gasteiger partial charge on any atom is -0.353 e. The summed E-state index contributed by atoms with van der Waals surface area (Å²) in [7, 11) is 0. The Morgan fingerprint density at radius 2 is 1.50 bits per heavy atom. The lowest BCUT2D eigenvalue weighted by Gasteiger charge is -2.44. The minimum absolute atomic E-state index is 0.0735. The van der Waals surface area contributed by atoms with Crippen LogP contribution in [0.2, 0.25) is 0 Å². The second-order valence-corrected chi connectivity index (χ2v) is 9.82. The molecule has 8 heteroatoms. The quantitative estimate of drug-likeness (QED) is 0.559. The maximum atomic E-state index is 13.8. The molecule has 3 aromatic rings. The first kappa shape index (κ1) is 25.6. The van der Waals surface area contributed by atoms with Gasteiger partial charge in [-0.2, -0.15) is 0 Å². The van der Waals surface area contributed by atoms with E-state index in [0.29, 0.717) is 43.6 Å². The topological polar surface area (TPSA) is 79.0 Å². The van der Waals surface area contributed by atoms with Crippen LogP contribution in [0.1, 0.15) is 44.7 Å². The minimum atomic E-state index is -1.00. The molecule has 2 fully saturated rings. The van der Waals surface area contributed by atoms with Gasteiger partial charge in [0.2, 0.25) is 5.91 Å². The Kier molecular flexibility index (Phi) is 7.24. The van der Waals surface area contributed by atoms with Gasteiger partial charge < -0.3 is 15.0 Å². The molecule has 3 amide bonds. The predicted molar refractivity (Wildman–Crippen MR) is 140 cm³/mol. The lowest BCUT2D eigenvalue weighted by Crippen LogP contribution is -2.59. The van der Waals surface area contributed by atoms with Crippen molar-refractivity contribution in [2.45, 2.75) is 38.1 Å². The number of nitrogens with zero attached hydrogens (tertiary/aromatic N) is 2. The number of benzene rings is 3. The van der Waals surface area contributed by atoms with Crippen molar-refractivity contribution < 1.29 is 23.5 Å². The standard InChI is InChI=1S/C30H30FN3O4/c1-21-7-9-24(10-8-21)29(37)34-26(27(35)32-19-22-5-3-2-4-6-22)20-38-30(34)15-17-33(18-16-30)28(36)23-11-13-25(31)14-12-23/h2-14,26H,15-20H2,1H3,(H,32,35). The first-order valence-corrected chi connectivity index (χ1v) is 12.8. The van der Waals surface area contributed by atoms with Crippen molar-refractivity contribution in [1.29, 1.82) is 0 Å². The molecule has 0 radical (unpaired) electrons. The third-order valence-corrected chi connectivity index (χ3v) is 7.31. The van der Waals surface area contributed by atoms with E-state index >= 15 is 0 Å². The molecule has 1 unspecified atom stereocenters. The average Bonchev–Trinajstić information content (AvgIpc) is 3.31. The molecule has 2 saturated heterocycles. The van der Waals surface area contributed by atoms with Crippen LogP contribution in [0.15, 0.2) is 78.9 Å². The van der Waals surface area contributed by atoms with Crippen LogP contribution in [0.5, 0.6) is 0 Å². The summed E-state index contributed by atoms with van der Waals surface area (Å²) < 4.78 is 19.6. The van der Waals surface area contributed by atoms with Crippen molar-refractivity contribution in [1.82, 2.24) is 15.1 Å². The number of carbonyl (C=O) groups is 3. The largest absolute Gasteiger partial charge is 0.353 e. The number of hydrogen-bond donors (Lipinski definition) is 1. The Hall–Kier alpha value is -4.04. The number of nitrogens with one attached hydrogen (secondary N) is 1. The molecule has 0 aromatic heterocycles. The van der Waals surface area contributed by atoms with Gasteiger partial charge in [-0.05, 0) is 48.9 Å². The van der Waals surface area contributed by atoms with E-state index in [4.69, 9.17) is 4.74 Å². The zero-order chi connectivity index (χ0) is 26.7. The summed E-state index contributed by atoms with van der Waals surface area (Å²) in [5, 5.41) is 2.95. The maximum Gasteiger partial charge on any atom is 0.256 e. The zero-order valence-corrected chi connectivity index (χ0v) is 21.2. The Bertz CT molecular complexity index is 1300. The number of hydrogen-bond acceptors (Lipinski definition) is 4. The van der Waals surface area contributed by atoms with Gasteiger partial charge in [-0.15, -0.1) is 0 Å². The number of amides is 3. The van der Waals surface area contributed by atoms with Crippen molar-refractivity contribution in [3.63, 3.8) is 0 Å². The summed E-state index contributed by atoms with van der Waals surface area (Å²) in [4.78, 5) is 43.4. The molecule has 0 bridgehead atoms. The van der Waals surface area contributed by atoms with Crippen LogP contribution in [-0.4, -0.2) is 59.0 Å². The van der Waals surface area contributed by atoms with Crippen LogP contribution < -0.4 is 5.32 Å². The van der Waals surface area contributed by atoms with Crippen LogP contribution in [0, 0.1) is 12.7 Å². The number of likely N-dealkylation sites (tertiary alicyclic amines) is 1. The van der Waals surface area contributed by atoms with E-state index in [2.05, 4.69) is 5.32 Å². The highest BCUT2D eigenvalue weighted by Crippen LogP contribution is 2.39. The molecule has 2 aliphatic heterocycles. The van der Waals surface area contributed by atoms with Crippen LogP contribution in [-0.2, 0) is 16.1 Å². The Morgan fingerprint density at radius 3 is 2.16 bits per heavy atom. The van der Waals surface area contributed by atoms with Crippen LogP contribution >= 0.6 is 0 Å². The lowest BCUT2D eigenvalue weighted by molar-refractivity contribution is -0.128. The third kappa shape index (κ3) is 5.17. The predicted octanol–water partition coefficient (Wildman–Crippen LogP) is 3.92. The summed E-state index contributed by atoms with van der Waals surface area (Å²) in [5.74, 6) is -1.16. The summed E-state index contributed by atoms with van der Waals surface area (Å²) in [5.41, 5.74) is 1.86. The van der Waals surface area contributed by atoms with Gasteiger partial charge in [0, 0.05) is 43.6 Å². The van der Waals surface area contributed by atoms with Gasteiger partial charge in [-0.25, -0.2) is 4.39 Å². The zero-order valence-electron chi connectivity index (χ0n) is 21.2. The fraction of sp³-hybridized carbons (Fsp3) is 0.300. The van der Waals surface area contributed by atoms with Gasteiger partial charge in [0.05, 0.1) is 6.61 Å². The third-order valence-electron chi connectivity index (χ3n) is 7.31. The average molecular weight is 516 g/mol. The van der Waals surface area contributed by atoms with Crippen molar-refractivity contribution in [3.05, 3.63) is 107 Å². The van der Waals surface area contributed by atoms with Crippen LogP contribution in [0.4, 0.5) is 4.39 Å². The Morgan fingerprint density at radius 1 is 0.895 bits per heavy atom. The summed E-state index contributed by atoms with van der Waals surface area (Å²) in [6, 6.07) is 21.5. The molecule has 196 valence electrons. The van der Waals surface area contributed by atoms with Crippen molar-refractivity contribution >= 4 is 17.7 Å². The molecular formula is C30H30FN3O4. The van der Waals surface area contributed by atoms with Gasteiger partial charge in [0.1, 0.15) is 17.6 Å². The normalized spacial score (nSPS) is 18.4. The van der Waals surface area contributed by atoms with Crippen molar-refractivity contribution in [3.8, 4) is 0 Å². The molecule has 7 nitrogen and oxygen atoms in total. The van der Waals surface area contributed by atoms with E-state index in [1.165, 1.54) is 24.3 Å². The Labute approximate surface area is 221 Å². The number of carbonyl (C=O) groups excluding carboxylic acids is 3. The van der Waals surface area contributed by atoms with Crippen LogP contribution in [0.3, 0.4) is 0 Å². The molecule has 5 rings (SSSR count). The Balaban J connectivity index is 1.36. The number of aryl methyl sites for hydroxylation is 1. The van der Waals surface area contributed by atoms with Gasteiger partial charge in [-0.3, -0.25) is 19.3 Å². The number of ether oxygens (including phenoxy) is 1. The maximum absolute atomic E-state index is 13.8. The fourth-order valence-corrected chi connectivity index (χ4v) is 5.14. The van der Waals surface area contributed by atoms with Gasteiger partial charge in [0.25, 0.3) is 11.8 Å². The highest BCUT2D eigenvalue weighted by Gasteiger charge is 2.54. The summed E-state index contributed by atoms with van der Waals surface area (Å²) in [6.07, 6.45) is 0.722. The van der Waals surface area contributed by atoms with E-state index in [1.807, 2.05) is 49.4 Å². The number of piperidine rings is 1. The molecule has 1 atom stereocenters. The van der Waals surface area contributed by atoms with E-state index in [1.54, 1.807) is 21.9 Å². The van der Waals surface area contributed by atoms with E-state index in [-0.39, 0.29) is 24.3 Å². The van der Waals surface area contributed by atoms with Crippen molar-refractivity contribution in [2.24, 2.45) is 0 Å². The van der Waals surface area contributed by atoms with Crippen molar-refractivity contribution in [2.75, 3.05) is 19.7 Å². The van der Waals surface area contributed by atoms with Gasteiger partial charge in [0.15, 0.2) is 0 Å². The number of rotatable bonds is 5. The van der Waals surface area contributed by atoms with E-state index in [0.717, 1.165) is 11.1 Å². The molecule has 2 aliphatic rings. The monoisotopic (exact) mass is 515 g/mol. The van der Waals surface area contributed by atoms with Gasteiger partial charge in [-0.1, -0.05) is 48.0 Å². The van der Waals surface area contributed by atoms with Gasteiger partial charge >= 0.3 is 0 Å². The molecule has 2 heterocycles. The fourth-order valence-electron chi connectivity index (χ4n) is 5.14. The summed E-state index contributed by atoms with van der Waals surface area (Å²) >= 11 is 0. The first-order valence-electron chi connectivity index (χ1n) is 12.8. The lowest BCUT2D eigenvalue weighted by atomic mass is 9.96. The smallest absolute Gasteiger partial charge is 0.256 e. The molecule has 0 saturated carbocycles. The highest BCUT2D eigenvalue weighted by molar-refractivity contribution is 5.98. The molecule has 0 aliphatic carbocycles. The van der Waals surface area contributed by atoms with Crippen LogP contribution in [0.25, 0.3) is 0 Å². The SMILES string of the molecule is Cc1ccc(C(=O)N2C(C(=O)NCc3ccccc3)COC23CCN(C(=O)c2ccc(F)cc2)CC3)cc1. The number of halogens is 1. The molecule has 38 heavy (non-hydrogen) atoms. The summed E-state index contributed by atoms with van der Waals surface area (Å²) in [6.45, 7) is 3.04. The molecule has 1 N–H and O–H groups in total. The molecule has 1 spiro atoms. The highest BCUT2D eigenvalue weighted by atomic mass is 19.1. The second kappa shape index (κ2) is 10.8. The second-order valence-electron chi connectivity index (χ2n) is 9.82. The molecule has 3 aromatic carbocycles. The van der Waals surface area contributed by atoms with E-state index < -0.39 is 17.6 Å².